The van der Waals surface area contributed by atoms with E-state index in [-0.39, 0.29) is 0 Å². The van der Waals surface area contributed by atoms with Gasteiger partial charge in [0, 0.05) is 18.9 Å². The number of nitrogens with zero attached hydrogens (tertiary/aromatic N) is 4. The normalized spacial score (nSPS) is 10.8. The summed E-state index contributed by atoms with van der Waals surface area (Å²) >= 11 is 0. The van der Waals surface area contributed by atoms with E-state index in [0.717, 1.165) is 40.4 Å². The first-order valence-corrected chi connectivity index (χ1v) is 11.8. The zero-order valence-corrected chi connectivity index (χ0v) is 20.1. The Morgan fingerprint density at radius 2 is 0.919 bits per heavy atom. The SMILES string of the molecule is N#Cc1ccc(C=Nc2ccc(OCCCOc3ccc(N=Cc4ccc(C#N)cc4)cc3)cc2)cc1. The maximum Gasteiger partial charge on any atom is 0.119 e. The summed E-state index contributed by atoms with van der Waals surface area (Å²) < 4.78 is 11.6. The molecule has 4 rings (SSSR count). The van der Waals surface area contributed by atoms with Crippen molar-refractivity contribution < 1.29 is 9.47 Å². The molecule has 0 aromatic heterocycles. The molecule has 180 valence electrons. The van der Waals surface area contributed by atoms with Gasteiger partial charge in [-0.15, -0.1) is 0 Å². The Hall–Kier alpha value is -5.20. The van der Waals surface area contributed by atoms with Crippen molar-refractivity contribution in [3.63, 3.8) is 0 Å². The van der Waals surface area contributed by atoms with Crippen LogP contribution in [0.4, 0.5) is 11.4 Å². The van der Waals surface area contributed by atoms with Gasteiger partial charge in [-0.2, -0.15) is 10.5 Å². The Labute approximate surface area is 216 Å². The Morgan fingerprint density at radius 3 is 1.27 bits per heavy atom. The summed E-state index contributed by atoms with van der Waals surface area (Å²) in [5.74, 6) is 1.56. The van der Waals surface area contributed by atoms with Crippen molar-refractivity contribution in [3.8, 4) is 23.6 Å². The fraction of sp³-hybridized carbons (Fsp3) is 0.0968. The van der Waals surface area contributed by atoms with Crippen molar-refractivity contribution in [1.82, 2.24) is 0 Å². The summed E-state index contributed by atoms with van der Waals surface area (Å²) in [6.07, 6.45) is 4.28. The summed E-state index contributed by atoms with van der Waals surface area (Å²) in [5.41, 5.74) is 4.78. The highest BCUT2D eigenvalue weighted by Gasteiger charge is 1.98. The second-order valence-corrected chi connectivity index (χ2v) is 8.02. The molecule has 37 heavy (non-hydrogen) atoms. The van der Waals surface area contributed by atoms with Gasteiger partial charge in [-0.05, 0) is 83.9 Å². The van der Waals surface area contributed by atoms with Gasteiger partial charge in [0.15, 0.2) is 0 Å². The molecule has 0 aliphatic rings. The van der Waals surface area contributed by atoms with Crippen LogP contribution in [0.2, 0.25) is 0 Å². The number of benzene rings is 4. The van der Waals surface area contributed by atoms with Gasteiger partial charge in [0.05, 0.1) is 47.9 Å². The van der Waals surface area contributed by atoms with E-state index >= 15 is 0 Å². The lowest BCUT2D eigenvalue weighted by atomic mass is 10.2. The smallest absolute Gasteiger partial charge is 0.119 e. The van der Waals surface area contributed by atoms with Gasteiger partial charge >= 0.3 is 0 Å². The van der Waals surface area contributed by atoms with Gasteiger partial charge in [-0.3, -0.25) is 9.98 Å². The van der Waals surface area contributed by atoms with Crippen LogP contribution >= 0.6 is 0 Å². The molecule has 0 fully saturated rings. The number of rotatable bonds is 10. The van der Waals surface area contributed by atoms with Gasteiger partial charge in [-0.1, -0.05) is 24.3 Å². The molecule has 0 N–H and O–H groups in total. The van der Waals surface area contributed by atoms with E-state index < -0.39 is 0 Å². The molecule has 4 aromatic rings. The third-order valence-corrected chi connectivity index (χ3v) is 5.30. The molecular formula is C31H24N4O2. The second-order valence-electron chi connectivity index (χ2n) is 8.02. The largest absolute Gasteiger partial charge is 0.493 e. The Bertz CT molecular complexity index is 1310. The van der Waals surface area contributed by atoms with E-state index in [1.54, 1.807) is 36.7 Å². The number of nitriles is 2. The van der Waals surface area contributed by atoms with E-state index in [0.29, 0.717) is 24.3 Å². The van der Waals surface area contributed by atoms with Gasteiger partial charge in [0.1, 0.15) is 11.5 Å². The minimum Gasteiger partial charge on any atom is -0.493 e. The monoisotopic (exact) mass is 484 g/mol. The van der Waals surface area contributed by atoms with E-state index in [2.05, 4.69) is 22.1 Å². The number of hydrogen-bond donors (Lipinski definition) is 0. The first kappa shape index (κ1) is 24.9. The fourth-order valence-electron chi connectivity index (χ4n) is 3.28. The molecule has 0 aliphatic heterocycles. The molecule has 4 aromatic carbocycles. The molecular weight excluding hydrogens is 460 g/mol. The maximum atomic E-state index is 8.86. The number of ether oxygens (including phenoxy) is 2. The van der Waals surface area contributed by atoms with Crippen molar-refractivity contribution >= 4 is 23.8 Å². The van der Waals surface area contributed by atoms with E-state index in [9.17, 15) is 0 Å². The summed E-state index contributed by atoms with van der Waals surface area (Å²) in [6, 6.07) is 33.9. The molecule has 6 nitrogen and oxygen atoms in total. The van der Waals surface area contributed by atoms with Crippen LogP contribution in [0.15, 0.2) is 107 Å². The second kappa shape index (κ2) is 13.0. The van der Waals surface area contributed by atoms with Gasteiger partial charge in [-0.25, -0.2) is 0 Å². The average Bonchev–Trinajstić information content (AvgIpc) is 2.96. The fourth-order valence-corrected chi connectivity index (χ4v) is 3.28. The lowest BCUT2D eigenvalue weighted by Gasteiger charge is -2.08. The molecule has 0 spiro atoms. The van der Waals surface area contributed by atoms with Crippen LogP contribution < -0.4 is 9.47 Å². The molecule has 0 unspecified atom stereocenters. The highest BCUT2D eigenvalue weighted by molar-refractivity contribution is 5.82. The molecule has 0 saturated carbocycles. The predicted molar refractivity (Wildman–Crippen MR) is 145 cm³/mol. The van der Waals surface area contributed by atoms with Crippen LogP contribution in [0.25, 0.3) is 0 Å². The predicted octanol–water partition coefficient (Wildman–Crippen LogP) is 6.78. The quantitative estimate of drug-likeness (QED) is 0.183. The minimum atomic E-state index is 0.542. The van der Waals surface area contributed by atoms with E-state index in [4.69, 9.17) is 20.0 Å². The Kier molecular flexibility index (Phi) is 8.78. The lowest BCUT2D eigenvalue weighted by molar-refractivity contribution is 0.247. The summed E-state index contributed by atoms with van der Waals surface area (Å²) in [7, 11) is 0. The zero-order chi connectivity index (χ0) is 25.7. The maximum absolute atomic E-state index is 8.86. The number of aliphatic imine (C=N–C) groups is 2. The molecule has 0 radical (unpaired) electrons. The highest BCUT2D eigenvalue weighted by atomic mass is 16.5. The first-order valence-electron chi connectivity index (χ1n) is 11.8. The van der Waals surface area contributed by atoms with Crippen molar-refractivity contribution in [2.45, 2.75) is 6.42 Å². The van der Waals surface area contributed by atoms with Gasteiger partial charge in [0.2, 0.25) is 0 Å². The molecule has 0 heterocycles. The van der Waals surface area contributed by atoms with Crippen LogP contribution in [-0.4, -0.2) is 25.6 Å². The molecule has 0 saturated heterocycles. The molecule has 0 bridgehead atoms. The molecule has 0 atom stereocenters. The van der Waals surface area contributed by atoms with Gasteiger partial charge < -0.3 is 9.47 Å². The van der Waals surface area contributed by atoms with Crippen molar-refractivity contribution in [3.05, 3.63) is 119 Å². The summed E-state index contributed by atoms with van der Waals surface area (Å²) in [5, 5.41) is 17.7. The van der Waals surface area contributed by atoms with Crippen LogP contribution in [0.5, 0.6) is 11.5 Å². The van der Waals surface area contributed by atoms with Crippen LogP contribution in [0.1, 0.15) is 28.7 Å². The number of hydrogen-bond acceptors (Lipinski definition) is 6. The Balaban J connectivity index is 1.16. The molecule has 0 aliphatic carbocycles. The lowest BCUT2D eigenvalue weighted by Crippen LogP contribution is -2.04. The van der Waals surface area contributed by atoms with Crippen LogP contribution in [0.3, 0.4) is 0 Å². The summed E-state index contributed by atoms with van der Waals surface area (Å²) in [4.78, 5) is 8.91. The van der Waals surface area contributed by atoms with Crippen LogP contribution in [0, 0.1) is 22.7 Å². The minimum absolute atomic E-state index is 0.542. The molecule has 6 heteroatoms. The topological polar surface area (TPSA) is 90.8 Å². The average molecular weight is 485 g/mol. The highest BCUT2D eigenvalue weighted by Crippen LogP contribution is 2.20. The molecule has 0 amide bonds. The first-order chi connectivity index (χ1) is 18.2. The zero-order valence-electron chi connectivity index (χ0n) is 20.1. The van der Waals surface area contributed by atoms with Gasteiger partial charge in [0.25, 0.3) is 0 Å². The standard InChI is InChI=1S/C31H24N4O2/c32-20-24-2-6-26(7-3-24)22-34-28-10-14-30(15-11-28)36-18-1-19-37-31-16-12-29(13-17-31)35-23-27-8-4-25(21-33)5-9-27/h2-17,22-23H,1,18-19H2. The summed E-state index contributed by atoms with van der Waals surface area (Å²) in [6.45, 7) is 1.08. The van der Waals surface area contributed by atoms with E-state index in [1.165, 1.54) is 0 Å². The van der Waals surface area contributed by atoms with Crippen LogP contribution in [-0.2, 0) is 0 Å². The Morgan fingerprint density at radius 1 is 0.541 bits per heavy atom. The third kappa shape index (κ3) is 7.92. The third-order valence-electron chi connectivity index (χ3n) is 5.30. The van der Waals surface area contributed by atoms with E-state index in [1.807, 2.05) is 72.8 Å². The van der Waals surface area contributed by atoms with Crippen molar-refractivity contribution in [2.75, 3.05) is 13.2 Å². The van der Waals surface area contributed by atoms with Crippen molar-refractivity contribution in [2.24, 2.45) is 9.98 Å². The van der Waals surface area contributed by atoms with Crippen molar-refractivity contribution in [1.29, 1.82) is 10.5 Å².